The third-order valence-corrected chi connectivity index (χ3v) is 8.51. The van der Waals surface area contributed by atoms with Crippen LogP contribution in [-0.4, -0.2) is 43.8 Å². The molecule has 4 rings (SSSR count). The summed E-state index contributed by atoms with van der Waals surface area (Å²) in [5.74, 6) is -1.34. The van der Waals surface area contributed by atoms with E-state index in [0.29, 0.717) is 18.5 Å². The molecule has 0 aliphatic carbocycles. The molecular weight excluding hydrogens is 464 g/mol. The van der Waals surface area contributed by atoms with Crippen LogP contribution in [0.2, 0.25) is 0 Å². The van der Waals surface area contributed by atoms with Crippen molar-refractivity contribution in [1.82, 2.24) is 4.31 Å². The van der Waals surface area contributed by atoms with E-state index in [9.17, 15) is 18.0 Å². The summed E-state index contributed by atoms with van der Waals surface area (Å²) in [6, 6.07) is 18.4. The summed E-state index contributed by atoms with van der Waals surface area (Å²) < 4.78 is 32.9. The average Bonchev–Trinajstić information content (AvgIpc) is 2.85. The molecule has 1 aliphatic heterocycles. The molecule has 0 saturated carbocycles. The van der Waals surface area contributed by atoms with Gasteiger partial charge >= 0.3 is 5.97 Å². The number of hydrogen-bond acceptors (Lipinski definition) is 5. The number of aryl methyl sites for hydroxylation is 2. The summed E-state index contributed by atoms with van der Waals surface area (Å²) in [6.07, 6.45) is -0.278. The van der Waals surface area contributed by atoms with E-state index in [4.69, 9.17) is 4.74 Å². The summed E-state index contributed by atoms with van der Waals surface area (Å²) in [7, 11) is -3.62. The second-order valence-corrected chi connectivity index (χ2v) is 11.0. The molecule has 0 bridgehead atoms. The minimum absolute atomic E-state index is 0.228. The van der Waals surface area contributed by atoms with E-state index >= 15 is 0 Å². The van der Waals surface area contributed by atoms with Gasteiger partial charge in [0, 0.05) is 24.2 Å². The van der Waals surface area contributed by atoms with Crippen LogP contribution in [0.3, 0.4) is 0 Å². The quantitative estimate of drug-likeness (QED) is 0.512. The van der Waals surface area contributed by atoms with Crippen molar-refractivity contribution < 1.29 is 22.7 Å². The molecule has 8 heteroatoms. The van der Waals surface area contributed by atoms with Crippen molar-refractivity contribution in [1.29, 1.82) is 0 Å². The van der Waals surface area contributed by atoms with Gasteiger partial charge in [-0.2, -0.15) is 4.31 Å². The Morgan fingerprint density at radius 3 is 2.37 bits per heavy atom. The van der Waals surface area contributed by atoms with E-state index < -0.39 is 33.9 Å². The summed E-state index contributed by atoms with van der Waals surface area (Å²) in [4.78, 5) is 25.7. The number of benzene rings is 3. The van der Waals surface area contributed by atoms with E-state index in [1.165, 1.54) is 11.2 Å². The second kappa shape index (κ2) is 10.2. The van der Waals surface area contributed by atoms with E-state index in [1.807, 2.05) is 50.2 Å². The minimum atomic E-state index is -3.62. The third kappa shape index (κ3) is 5.39. The highest BCUT2D eigenvalue weighted by atomic mass is 32.2. The van der Waals surface area contributed by atoms with Gasteiger partial charge in [0.05, 0.1) is 10.8 Å². The molecular formula is C27H30N2O5S. The molecule has 1 amide bonds. The number of amides is 1. The largest absolute Gasteiger partial charge is 0.452 e. The Kier molecular flexibility index (Phi) is 7.23. The minimum Gasteiger partial charge on any atom is -0.452 e. The maximum Gasteiger partial charge on any atom is 0.309 e. The van der Waals surface area contributed by atoms with Crippen molar-refractivity contribution in [3.63, 3.8) is 0 Å². The molecule has 1 saturated heterocycles. The molecule has 184 valence electrons. The fourth-order valence-electron chi connectivity index (χ4n) is 4.25. The van der Waals surface area contributed by atoms with Gasteiger partial charge in [0.25, 0.3) is 5.91 Å². The van der Waals surface area contributed by atoms with Crippen molar-refractivity contribution in [2.45, 2.75) is 44.6 Å². The van der Waals surface area contributed by atoms with E-state index in [0.717, 1.165) is 21.9 Å². The average molecular weight is 495 g/mol. The van der Waals surface area contributed by atoms with Crippen molar-refractivity contribution in [3.8, 4) is 0 Å². The van der Waals surface area contributed by atoms with Gasteiger partial charge in [-0.3, -0.25) is 9.59 Å². The highest BCUT2D eigenvalue weighted by Gasteiger charge is 2.34. The van der Waals surface area contributed by atoms with Crippen LogP contribution < -0.4 is 5.32 Å². The van der Waals surface area contributed by atoms with Crippen molar-refractivity contribution >= 4 is 38.4 Å². The summed E-state index contributed by atoms with van der Waals surface area (Å²) in [6.45, 7) is 5.81. The van der Waals surface area contributed by atoms with Crippen LogP contribution in [0.1, 0.15) is 30.9 Å². The van der Waals surface area contributed by atoms with Gasteiger partial charge in [-0.1, -0.05) is 42.5 Å². The molecule has 3 aromatic rings. The van der Waals surface area contributed by atoms with Crippen LogP contribution in [0.4, 0.5) is 5.69 Å². The first kappa shape index (κ1) is 24.9. The number of sulfonamides is 1. The highest BCUT2D eigenvalue weighted by Crippen LogP contribution is 2.27. The summed E-state index contributed by atoms with van der Waals surface area (Å²) >= 11 is 0. The molecule has 7 nitrogen and oxygen atoms in total. The Hall–Kier alpha value is -3.23. The fourth-order valence-corrected chi connectivity index (χ4v) is 5.80. The second-order valence-electron chi connectivity index (χ2n) is 9.02. The molecule has 1 aliphatic rings. The Labute approximate surface area is 206 Å². The Morgan fingerprint density at radius 1 is 0.971 bits per heavy atom. The molecule has 1 N–H and O–H groups in total. The number of carbonyl (C=O) groups excluding carboxylic acids is 2. The lowest BCUT2D eigenvalue weighted by Crippen LogP contribution is -2.41. The van der Waals surface area contributed by atoms with E-state index in [1.54, 1.807) is 24.3 Å². The Bertz CT molecular complexity index is 1360. The maximum atomic E-state index is 13.0. The highest BCUT2D eigenvalue weighted by molar-refractivity contribution is 7.89. The Morgan fingerprint density at radius 2 is 1.66 bits per heavy atom. The molecule has 0 aromatic heterocycles. The van der Waals surface area contributed by atoms with Gasteiger partial charge in [0.15, 0.2) is 6.10 Å². The number of hydrogen-bond donors (Lipinski definition) is 1. The van der Waals surface area contributed by atoms with Crippen LogP contribution in [0.15, 0.2) is 65.6 Å². The lowest BCUT2D eigenvalue weighted by Gasteiger charge is -2.30. The predicted molar refractivity (Wildman–Crippen MR) is 136 cm³/mol. The number of nitrogens with zero attached hydrogens (tertiary/aromatic N) is 1. The van der Waals surface area contributed by atoms with Gasteiger partial charge in [-0.25, -0.2) is 8.42 Å². The zero-order valence-corrected chi connectivity index (χ0v) is 21.0. The Balaban J connectivity index is 1.33. The van der Waals surface area contributed by atoms with E-state index in [-0.39, 0.29) is 18.0 Å². The molecule has 1 fully saturated rings. The smallest absolute Gasteiger partial charge is 0.309 e. The SMILES string of the molecule is Cc1ccc(S(=O)(=O)N2CCC(C(=O)OC(C)C(=O)Nc3cccc4ccccc34)CC2)cc1C. The van der Waals surface area contributed by atoms with Crippen LogP contribution in [0.25, 0.3) is 10.8 Å². The molecule has 35 heavy (non-hydrogen) atoms. The predicted octanol–water partition coefficient (Wildman–Crippen LogP) is 4.43. The van der Waals surface area contributed by atoms with Crippen LogP contribution in [0, 0.1) is 19.8 Å². The van der Waals surface area contributed by atoms with Crippen molar-refractivity contribution in [2.24, 2.45) is 5.92 Å². The topological polar surface area (TPSA) is 92.8 Å². The number of piperidine rings is 1. The fraction of sp³-hybridized carbons (Fsp3) is 0.333. The summed E-state index contributed by atoms with van der Waals surface area (Å²) in [5, 5.41) is 4.74. The normalized spacial score (nSPS) is 16.1. The maximum absolute atomic E-state index is 13.0. The van der Waals surface area contributed by atoms with Gasteiger partial charge in [-0.15, -0.1) is 0 Å². The molecule has 0 radical (unpaired) electrons. The zero-order valence-electron chi connectivity index (χ0n) is 20.2. The van der Waals surface area contributed by atoms with Crippen molar-refractivity contribution in [3.05, 3.63) is 71.8 Å². The summed E-state index contributed by atoms with van der Waals surface area (Å²) in [5.41, 5.74) is 2.60. The number of esters is 1. The lowest BCUT2D eigenvalue weighted by atomic mass is 9.98. The molecule has 0 spiro atoms. The third-order valence-electron chi connectivity index (χ3n) is 6.61. The van der Waals surface area contributed by atoms with Gasteiger partial charge < -0.3 is 10.1 Å². The van der Waals surface area contributed by atoms with Gasteiger partial charge in [0.2, 0.25) is 10.0 Å². The molecule has 1 atom stereocenters. The number of carbonyl (C=O) groups is 2. The molecule has 1 heterocycles. The zero-order chi connectivity index (χ0) is 25.2. The first-order chi connectivity index (χ1) is 16.7. The molecule has 1 unspecified atom stereocenters. The van der Waals surface area contributed by atoms with Crippen LogP contribution in [-0.2, 0) is 24.3 Å². The number of anilines is 1. The van der Waals surface area contributed by atoms with E-state index in [2.05, 4.69) is 5.32 Å². The monoisotopic (exact) mass is 494 g/mol. The number of fused-ring (bicyclic) bond motifs is 1. The van der Waals surface area contributed by atoms with Crippen molar-refractivity contribution in [2.75, 3.05) is 18.4 Å². The lowest BCUT2D eigenvalue weighted by molar-refractivity contribution is -0.158. The van der Waals surface area contributed by atoms with Gasteiger partial charge in [-0.05, 0) is 68.3 Å². The first-order valence-electron chi connectivity index (χ1n) is 11.7. The van der Waals surface area contributed by atoms with Crippen LogP contribution in [0.5, 0.6) is 0 Å². The number of rotatable bonds is 6. The number of ether oxygens (including phenoxy) is 1. The first-order valence-corrected chi connectivity index (χ1v) is 13.2. The van der Waals surface area contributed by atoms with Gasteiger partial charge in [0.1, 0.15) is 0 Å². The number of nitrogens with one attached hydrogen (secondary N) is 1. The van der Waals surface area contributed by atoms with Crippen LogP contribution >= 0.6 is 0 Å². The molecule has 3 aromatic carbocycles. The standard InChI is InChI=1S/C27H30N2O5S/c1-18-11-12-23(17-19(18)2)35(32,33)29-15-13-22(14-16-29)27(31)34-20(3)26(30)28-25-10-6-8-21-7-4-5-9-24(21)25/h4-12,17,20,22H,13-16H2,1-3H3,(H,28,30).